The number of likely N-dealkylation sites (N-methyl/N-ethyl adjacent to an activating group) is 1. The molecule has 6 heteroatoms. The summed E-state index contributed by atoms with van der Waals surface area (Å²) in [7, 11) is 3.38. The number of amides is 1. The summed E-state index contributed by atoms with van der Waals surface area (Å²) >= 11 is 3.48. The van der Waals surface area contributed by atoms with E-state index in [0.717, 1.165) is 21.2 Å². The Hall–Kier alpha value is -1.42. The van der Waals surface area contributed by atoms with Crippen LogP contribution in [0, 0.1) is 25.2 Å². The number of nitrogens with zero attached hydrogens (tertiary/aromatic N) is 3. The summed E-state index contributed by atoms with van der Waals surface area (Å²) < 4.78 is 1.02. The molecule has 0 saturated carbocycles. The first-order valence-electron chi connectivity index (χ1n) is 8.05. The van der Waals surface area contributed by atoms with E-state index in [-0.39, 0.29) is 5.91 Å². The molecule has 2 rings (SSSR count). The van der Waals surface area contributed by atoms with Crippen molar-refractivity contribution in [3.05, 3.63) is 33.3 Å². The van der Waals surface area contributed by atoms with Crippen molar-refractivity contribution in [3.63, 3.8) is 0 Å². The number of carbonyl (C=O) groups excluding carboxylic acids is 1. The molecule has 1 fully saturated rings. The van der Waals surface area contributed by atoms with Crippen LogP contribution in [0.4, 0.5) is 0 Å². The maximum Gasteiger partial charge on any atom is 0.228 e. The maximum absolute atomic E-state index is 12.8. The summed E-state index contributed by atoms with van der Waals surface area (Å²) in [6.45, 7) is 5.32. The number of hydrogen-bond acceptors (Lipinski definition) is 4. The van der Waals surface area contributed by atoms with Crippen LogP contribution >= 0.6 is 15.9 Å². The maximum atomic E-state index is 12.8. The van der Waals surface area contributed by atoms with E-state index in [2.05, 4.69) is 22.0 Å². The lowest BCUT2D eigenvalue weighted by Crippen LogP contribution is -2.55. The van der Waals surface area contributed by atoms with E-state index in [1.54, 1.807) is 19.1 Å². The monoisotopic (exact) mass is 393 g/mol. The van der Waals surface area contributed by atoms with Gasteiger partial charge in [-0.2, -0.15) is 10.3 Å². The Morgan fingerprint density at radius 1 is 1.38 bits per heavy atom. The molecule has 5 nitrogen and oxygen atoms in total. The largest absolute Gasteiger partial charge is 0.327 e. The Morgan fingerprint density at radius 2 is 1.92 bits per heavy atom. The van der Waals surface area contributed by atoms with Crippen LogP contribution < -0.4 is 0 Å². The molecule has 0 N–H and O–H groups in total. The fraction of sp³-hybridized carbons (Fsp3) is 0.556. The lowest BCUT2D eigenvalue weighted by atomic mass is 9.87. The van der Waals surface area contributed by atoms with Crippen molar-refractivity contribution in [2.75, 3.05) is 27.2 Å². The van der Waals surface area contributed by atoms with E-state index >= 15 is 0 Å². The number of nitriles is 1. The Bertz CT molecular complexity index is 638. The normalized spacial score (nSPS) is 17.3. The van der Waals surface area contributed by atoms with E-state index in [0.29, 0.717) is 32.4 Å². The molecule has 0 bridgehead atoms. The predicted octanol–water partition coefficient (Wildman–Crippen LogP) is 2.99. The number of benzene rings is 1. The highest BCUT2D eigenvalue weighted by molar-refractivity contribution is 9.10. The van der Waals surface area contributed by atoms with Crippen LogP contribution in [-0.2, 0) is 16.1 Å². The van der Waals surface area contributed by atoms with Gasteiger partial charge in [-0.05, 0) is 55.5 Å². The molecule has 130 valence electrons. The Morgan fingerprint density at radius 3 is 2.38 bits per heavy atom. The van der Waals surface area contributed by atoms with Crippen molar-refractivity contribution in [2.24, 2.45) is 0 Å². The van der Waals surface area contributed by atoms with Gasteiger partial charge in [0.25, 0.3) is 0 Å². The minimum Gasteiger partial charge on any atom is -0.327 e. The number of rotatable bonds is 4. The van der Waals surface area contributed by atoms with Crippen LogP contribution in [0.1, 0.15) is 29.5 Å². The molecule has 1 heterocycles. The van der Waals surface area contributed by atoms with Gasteiger partial charge in [-0.25, -0.2) is 0 Å². The fourth-order valence-electron chi connectivity index (χ4n) is 3.29. The molecule has 1 aliphatic heterocycles. The average Bonchev–Trinajstić information content (AvgIpc) is 2.57. The molecule has 0 unspecified atom stereocenters. The van der Waals surface area contributed by atoms with E-state index in [1.807, 2.05) is 31.0 Å². The third kappa shape index (κ3) is 3.80. The van der Waals surface area contributed by atoms with E-state index in [4.69, 9.17) is 4.84 Å². The van der Waals surface area contributed by atoms with Gasteiger partial charge >= 0.3 is 0 Å². The minimum atomic E-state index is -0.747. The molecule has 1 aromatic rings. The van der Waals surface area contributed by atoms with Crippen molar-refractivity contribution in [3.8, 4) is 6.07 Å². The van der Waals surface area contributed by atoms with E-state index in [1.165, 1.54) is 0 Å². The molecule has 0 atom stereocenters. The minimum absolute atomic E-state index is 0.0176. The van der Waals surface area contributed by atoms with Gasteiger partial charge in [0.15, 0.2) is 0 Å². The van der Waals surface area contributed by atoms with Crippen molar-refractivity contribution in [2.45, 2.75) is 38.6 Å². The first-order chi connectivity index (χ1) is 11.3. The molecule has 1 aromatic carbocycles. The first kappa shape index (κ1) is 18.9. The van der Waals surface area contributed by atoms with Crippen molar-refractivity contribution >= 4 is 21.8 Å². The van der Waals surface area contributed by atoms with Crippen molar-refractivity contribution in [1.29, 1.82) is 5.26 Å². The zero-order chi connectivity index (χ0) is 17.9. The fourth-order valence-corrected chi connectivity index (χ4v) is 3.98. The van der Waals surface area contributed by atoms with Gasteiger partial charge in [-0.3, -0.25) is 4.79 Å². The van der Waals surface area contributed by atoms with Gasteiger partial charge in [0.1, 0.15) is 5.54 Å². The van der Waals surface area contributed by atoms with Gasteiger partial charge in [-0.1, -0.05) is 15.9 Å². The van der Waals surface area contributed by atoms with Crippen LogP contribution in [0.3, 0.4) is 0 Å². The Balaban J connectivity index is 2.16. The Kier molecular flexibility index (Phi) is 6.02. The highest BCUT2D eigenvalue weighted by Crippen LogP contribution is 2.29. The quantitative estimate of drug-likeness (QED) is 0.788. The SMILES string of the molecule is CON1CCC(C#N)(N(C)C(=O)Cc2c(C)cc(Br)cc2C)CC1. The summed E-state index contributed by atoms with van der Waals surface area (Å²) in [5.74, 6) is -0.0176. The number of piperidine rings is 1. The molecule has 0 radical (unpaired) electrons. The van der Waals surface area contributed by atoms with Gasteiger partial charge in [0, 0.05) is 24.6 Å². The van der Waals surface area contributed by atoms with Crippen LogP contribution in [0.5, 0.6) is 0 Å². The summed E-state index contributed by atoms with van der Waals surface area (Å²) in [5, 5.41) is 11.6. The average molecular weight is 394 g/mol. The van der Waals surface area contributed by atoms with Crippen LogP contribution in [0.15, 0.2) is 16.6 Å². The summed E-state index contributed by atoms with van der Waals surface area (Å²) in [6, 6.07) is 6.42. The molecule has 24 heavy (non-hydrogen) atoms. The molecule has 1 aliphatic rings. The Labute approximate surface area is 152 Å². The second kappa shape index (κ2) is 7.64. The third-order valence-corrected chi connectivity index (χ3v) is 5.48. The second-order valence-corrected chi connectivity index (χ2v) is 7.32. The van der Waals surface area contributed by atoms with Gasteiger partial charge in [0.2, 0.25) is 5.91 Å². The van der Waals surface area contributed by atoms with Crippen molar-refractivity contribution < 1.29 is 9.63 Å². The third-order valence-electron chi connectivity index (χ3n) is 5.02. The standard InChI is InChI=1S/C18H24BrN3O2/c1-13-9-15(19)10-14(2)16(13)11-17(23)21(3)18(12-20)5-7-22(24-4)8-6-18/h9-10H,5-8,11H2,1-4H3. The molecular weight excluding hydrogens is 370 g/mol. The summed E-state index contributed by atoms with van der Waals surface area (Å²) in [5.41, 5.74) is 2.47. The summed E-state index contributed by atoms with van der Waals surface area (Å²) in [6.07, 6.45) is 1.51. The smallest absolute Gasteiger partial charge is 0.228 e. The van der Waals surface area contributed by atoms with E-state index < -0.39 is 5.54 Å². The summed E-state index contributed by atoms with van der Waals surface area (Å²) in [4.78, 5) is 19.7. The number of aryl methyl sites for hydroxylation is 2. The zero-order valence-corrected chi connectivity index (χ0v) is 16.3. The van der Waals surface area contributed by atoms with Crippen LogP contribution in [-0.4, -0.2) is 48.7 Å². The van der Waals surface area contributed by atoms with E-state index in [9.17, 15) is 10.1 Å². The van der Waals surface area contributed by atoms with Gasteiger partial charge < -0.3 is 9.74 Å². The number of hydrogen-bond donors (Lipinski definition) is 0. The molecule has 1 saturated heterocycles. The molecule has 1 amide bonds. The predicted molar refractivity (Wildman–Crippen MR) is 96.3 cm³/mol. The molecule has 0 aromatic heterocycles. The van der Waals surface area contributed by atoms with Gasteiger partial charge in [-0.15, -0.1) is 0 Å². The highest BCUT2D eigenvalue weighted by Gasteiger charge is 2.41. The van der Waals surface area contributed by atoms with Crippen molar-refractivity contribution in [1.82, 2.24) is 9.96 Å². The second-order valence-electron chi connectivity index (χ2n) is 6.40. The molecular formula is C18H24BrN3O2. The molecule has 0 spiro atoms. The lowest BCUT2D eigenvalue weighted by Gasteiger charge is -2.42. The highest BCUT2D eigenvalue weighted by atomic mass is 79.9. The number of halogens is 1. The van der Waals surface area contributed by atoms with Gasteiger partial charge in [0.05, 0.1) is 19.6 Å². The topological polar surface area (TPSA) is 56.6 Å². The number of hydroxylamine groups is 2. The number of carbonyl (C=O) groups is 1. The van der Waals surface area contributed by atoms with Crippen LogP contribution in [0.2, 0.25) is 0 Å². The first-order valence-corrected chi connectivity index (χ1v) is 8.85. The zero-order valence-electron chi connectivity index (χ0n) is 14.7. The lowest BCUT2D eigenvalue weighted by molar-refractivity contribution is -0.161. The van der Waals surface area contributed by atoms with Crippen LogP contribution in [0.25, 0.3) is 0 Å². The molecule has 0 aliphatic carbocycles.